The zero-order valence-corrected chi connectivity index (χ0v) is 10.7. The highest BCUT2D eigenvalue weighted by Crippen LogP contribution is 2.20. The van der Waals surface area contributed by atoms with Crippen molar-refractivity contribution in [3.63, 3.8) is 0 Å². The molecule has 0 aliphatic carbocycles. The minimum absolute atomic E-state index is 0.00128. The van der Waals surface area contributed by atoms with Crippen LogP contribution in [0.25, 0.3) is 0 Å². The van der Waals surface area contributed by atoms with Crippen molar-refractivity contribution in [3.8, 4) is 5.75 Å². The van der Waals surface area contributed by atoms with Crippen LogP contribution in [0.2, 0.25) is 5.02 Å². The molecule has 0 spiro atoms. The number of aromatic nitrogens is 1. The SMILES string of the molecule is Nc1ccc(=O)n(CCOc2ccc(F)c(Cl)c2)c1. The van der Waals surface area contributed by atoms with E-state index >= 15 is 0 Å². The summed E-state index contributed by atoms with van der Waals surface area (Å²) >= 11 is 5.63. The van der Waals surface area contributed by atoms with Crippen LogP contribution in [0.5, 0.6) is 5.75 Å². The van der Waals surface area contributed by atoms with Gasteiger partial charge in [-0.05, 0) is 18.2 Å². The summed E-state index contributed by atoms with van der Waals surface area (Å²) in [5.74, 6) is -0.0515. The molecule has 0 aliphatic heterocycles. The van der Waals surface area contributed by atoms with Crippen LogP contribution < -0.4 is 16.0 Å². The molecule has 0 fully saturated rings. The Bertz CT molecular complexity index is 643. The summed E-state index contributed by atoms with van der Waals surface area (Å²) in [5, 5.41) is -0.00128. The molecule has 2 aromatic rings. The van der Waals surface area contributed by atoms with E-state index in [4.69, 9.17) is 22.1 Å². The maximum absolute atomic E-state index is 12.9. The second-order valence-corrected chi connectivity index (χ2v) is 4.33. The molecule has 100 valence electrons. The third-order valence-corrected chi connectivity index (χ3v) is 2.79. The second kappa shape index (κ2) is 5.75. The average molecular weight is 283 g/mol. The third kappa shape index (κ3) is 3.48. The van der Waals surface area contributed by atoms with Gasteiger partial charge in [0.1, 0.15) is 18.2 Å². The Balaban J connectivity index is 1.98. The van der Waals surface area contributed by atoms with Crippen LogP contribution in [0.15, 0.2) is 41.3 Å². The van der Waals surface area contributed by atoms with Crippen molar-refractivity contribution in [3.05, 3.63) is 57.7 Å². The van der Waals surface area contributed by atoms with Gasteiger partial charge in [0.15, 0.2) is 0 Å². The highest BCUT2D eigenvalue weighted by Gasteiger charge is 2.02. The van der Waals surface area contributed by atoms with Gasteiger partial charge in [-0.1, -0.05) is 11.6 Å². The van der Waals surface area contributed by atoms with Crippen LogP contribution in [-0.4, -0.2) is 11.2 Å². The van der Waals surface area contributed by atoms with Crippen molar-refractivity contribution in [2.75, 3.05) is 12.3 Å². The Hall–Kier alpha value is -2.01. The maximum Gasteiger partial charge on any atom is 0.250 e. The van der Waals surface area contributed by atoms with Gasteiger partial charge in [-0.25, -0.2) is 4.39 Å². The number of nitrogens with zero attached hydrogens (tertiary/aromatic N) is 1. The van der Waals surface area contributed by atoms with E-state index < -0.39 is 5.82 Å². The monoisotopic (exact) mass is 282 g/mol. The lowest BCUT2D eigenvalue weighted by molar-refractivity contribution is 0.296. The van der Waals surface area contributed by atoms with Gasteiger partial charge in [-0.15, -0.1) is 0 Å². The first-order chi connectivity index (χ1) is 9.06. The van der Waals surface area contributed by atoms with Crippen molar-refractivity contribution in [1.82, 2.24) is 4.57 Å². The Morgan fingerprint density at radius 1 is 1.32 bits per heavy atom. The largest absolute Gasteiger partial charge is 0.492 e. The van der Waals surface area contributed by atoms with Gasteiger partial charge in [-0.3, -0.25) is 4.79 Å². The Morgan fingerprint density at radius 2 is 2.11 bits per heavy atom. The number of benzene rings is 1. The van der Waals surface area contributed by atoms with E-state index in [1.165, 1.54) is 28.8 Å². The van der Waals surface area contributed by atoms with Crippen molar-refractivity contribution >= 4 is 17.3 Å². The zero-order valence-electron chi connectivity index (χ0n) is 9.98. The number of halogens is 2. The number of rotatable bonds is 4. The van der Waals surface area contributed by atoms with Gasteiger partial charge in [0.25, 0.3) is 5.56 Å². The van der Waals surface area contributed by atoms with Crippen LogP contribution in [0.1, 0.15) is 0 Å². The number of hydrogen-bond donors (Lipinski definition) is 1. The molecule has 0 aliphatic rings. The molecule has 1 heterocycles. The molecule has 2 N–H and O–H groups in total. The molecule has 4 nitrogen and oxygen atoms in total. The van der Waals surface area contributed by atoms with Crippen molar-refractivity contribution in [2.45, 2.75) is 6.54 Å². The summed E-state index contributed by atoms with van der Waals surface area (Å²) < 4.78 is 19.8. The van der Waals surface area contributed by atoms with Crippen molar-refractivity contribution in [1.29, 1.82) is 0 Å². The van der Waals surface area contributed by atoms with Crippen molar-refractivity contribution < 1.29 is 9.13 Å². The van der Waals surface area contributed by atoms with Crippen LogP contribution in [-0.2, 0) is 6.54 Å². The van der Waals surface area contributed by atoms with E-state index in [0.717, 1.165) is 0 Å². The molecule has 6 heteroatoms. The minimum Gasteiger partial charge on any atom is -0.492 e. The number of hydrogen-bond acceptors (Lipinski definition) is 3. The normalized spacial score (nSPS) is 10.4. The molecule has 1 aromatic heterocycles. The van der Waals surface area contributed by atoms with Crippen molar-refractivity contribution in [2.24, 2.45) is 0 Å². The molecule has 1 aromatic carbocycles. The predicted octanol–water partition coefficient (Wildman–Crippen LogP) is 2.30. The number of anilines is 1. The summed E-state index contributed by atoms with van der Waals surface area (Å²) in [6, 6.07) is 7.02. The molecule has 0 unspecified atom stereocenters. The van der Waals surface area contributed by atoms with Gasteiger partial charge >= 0.3 is 0 Å². The quantitative estimate of drug-likeness (QED) is 0.936. The van der Waals surface area contributed by atoms with Gasteiger partial charge in [-0.2, -0.15) is 0 Å². The van der Waals surface area contributed by atoms with E-state index in [-0.39, 0.29) is 17.2 Å². The van der Waals surface area contributed by atoms with E-state index in [2.05, 4.69) is 0 Å². The summed E-state index contributed by atoms with van der Waals surface area (Å²) in [5.41, 5.74) is 5.93. The smallest absolute Gasteiger partial charge is 0.250 e. The second-order valence-electron chi connectivity index (χ2n) is 3.92. The van der Waals surface area contributed by atoms with E-state index in [0.29, 0.717) is 18.0 Å². The first-order valence-corrected chi connectivity index (χ1v) is 5.98. The summed E-state index contributed by atoms with van der Waals surface area (Å²) in [6.07, 6.45) is 1.54. The molecular weight excluding hydrogens is 271 g/mol. The van der Waals surface area contributed by atoms with Crippen LogP contribution in [0, 0.1) is 5.82 Å². The lowest BCUT2D eigenvalue weighted by Gasteiger charge is -2.09. The fourth-order valence-electron chi connectivity index (χ4n) is 1.55. The van der Waals surface area contributed by atoms with Gasteiger partial charge in [0.05, 0.1) is 11.6 Å². The summed E-state index contributed by atoms with van der Waals surface area (Å²) in [6.45, 7) is 0.601. The van der Waals surface area contributed by atoms with Crippen LogP contribution in [0.4, 0.5) is 10.1 Å². The molecule has 0 amide bonds. The molecule has 0 radical (unpaired) electrons. The molecule has 0 atom stereocenters. The fourth-order valence-corrected chi connectivity index (χ4v) is 1.72. The summed E-state index contributed by atoms with van der Waals surface area (Å²) in [4.78, 5) is 11.5. The van der Waals surface area contributed by atoms with Crippen LogP contribution in [0.3, 0.4) is 0 Å². The lowest BCUT2D eigenvalue weighted by Crippen LogP contribution is -2.22. The molecule has 0 saturated heterocycles. The highest BCUT2D eigenvalue weighted by atomic mass is 35.5. The van der Waals surface area contributed by atoms with Gasteiger partial charge in [0.2, 0.25) is 0 Å². The first-order valence-electron chi connectivity index (χ1n) is 5.60. The third-order valence-electron chi connectivity index (χ3n) is 2.50. The van der Waals surface area contributed by atoms with Gasteiger partial charge < -0.3 is 15.0 Å². The number of ether oxygens (including phenoxy) is 1. The minimum atomic E-state index is -0.499. The molecule has 0 bridgehead atoms. The first kappa shape index (κ1) is 13.4. The summed E-state index contributed by atoms with van der Waals surface area (Å²) in [7, 11) is 0. The fraction of sp³-hybridized carbons (Fsp3) is 0.154. The maximum atomic E-state index is 12.9. The molecular formula is C13H12ClFN2O2. The number of nitrogens with two attached hydrogens (primary N) is 1. The van der Waals surface area contributed by atoms with Gasteiger partial charge in [0, 0.05) is 24.0 Å². The number of pyridine rings is 1. The lowest BCUT2D eigenvalue weighted by atomic mass is 10.3. The standard InChI is InChI=1S/C13H12ClFN2O2/c14-11-7-10(2-3-12(11)15)19-6-5-17-8-9(16)1-4-13(17)18/h1-4,7-8H,5-6,16H2. The van der Waals surface area contributed by atoms with E-state index in [1.807, 2.05) is 0 Å². The average Bonchev–Trinajstić information content (AvgIpc) is 2.38. The van der Waals surface area contributed by atoms with E-state index in [9.17, 15) is 9.18 Å². The zero-order chi connectivity index (χ0) is 13.8. The Labute approximate surface area is 114 Å². The topological polar surface area (TPSA) is 57.2 Å². The van der Waals surface area contributed by atoms with E-state index in [1.54, 1.807) is 12.3 Å². The number of nitrogen functional groups attached to an aromatic ring is 1. The molecule has 0 saturated carbocycles. The molecule has 19 heavy (non-hydrogen) atoms. The highest BCUT2D eigenvalue weighted by molar-refractivity contribution is 6.30. The van der Waals surface area contributed by atoms with Crippen LogP contribution >= 0.6 is 11.6 Å². The Kier molecular flexibility index (Phi) is 4.06. The molecule has 2 rings (SSSR count). The Morgan fingerprint density at radius 3 is 2.84 bits per heavy atom. The predicted molar refractivity (Wildman–Crippen MR) is 72.0 cm³/mol.